The van der Waals surface area contributed by atoms with Gasteiger partial charge < -0.3 is 10.2 Å². The summed E-state index contributed by atoms with van der Waals surface area (Å²) in [7, 11) is 4.52. The first-order valence-corrected chi connectivity index (χ1v) is 7.98. The average molecular weight is 266 g/mol. The molecule has 1 saturated carbocycles. The molecule has 0 bridgehead atoms. The van der Waals surface area contributed by atoms with Crippen LogP contribution in [-0.4, -0.2) is 37.1 Å². The Labute approximate surface area is 120 Å². The zero-order chi connectivity index (χ0) is 14.5. The fourth-order valence-corrected chi connectivity index (χ4v) is 3.34. The van der Waals surface area contributed by atoms with Crippen LogP contribution in [0.2, 0.25) is 0 Å². The van der Waals surface area contributed by atoms with E-state index in [-0.39, 0.29) is 0 Å². The van der Waals surface area contributed by atoms with Crippen LogP contribution in [-0.2, 0) is 0 Å². The van der Waals surface area contributed by atoms with E-state index in [2.05, 4.69) is 58.1 Å². The number of rotatable bonds is 6. The zero-order valence-electron chi connectivity index (χ0n) is 13.9. The Hall–Kier alpha value is -0.340. The molecule has 1 N–H and O–H groups in total. The van der Waals surface area contributed by atoms with Crippen LogP contribution in [0.4, 0.5) is 0 Å². The highest BCUT2D eigenvalue weighted by Gasteiger charge is 2.41. The van der Waals surface area contributed by atoms with E-state index in [1.807, 2.05) is 0 Å². The fourth-order valence-electron chi connectivity index (χ4n) is 3.34. The summed E-state index contributed by atoms with van der Waals surface area (Å²) < 4.78 is 0. The standard InChI is InChI=1S/C17H34N2/c1-7-12-18-16(13-14(2)3)17(19(5)6)10-8-15(4)9-11-17/h13,15-16,18H,7-12H2,1-6H3. The monoisotopic (exact) mass is 266 g/mol. The van der Waals surface area contributed by atoms with Gasteiger partial charge in [0.05, 0.1) is 0 Å². The lowest BCUT2D eigenvalue weighted by molar-refractivity contribution is 0.0587. The molecule has 112 valence electrons. The SMILES string of the molecule is CCCNC(C=C(C)C)C1(N(C)C)CCC(C)CC1. The largest absolute Gasteiger partial charge is 0.309 e. The first-order chi connectivity index (χ1) is 8.92. The molecule has 19 heavy (non-hydrogen) atoms. The van der Waals surface area contributed by atoms with Gasteiger partial charge in [-0.2, -0.15) is 0 Å². The van der Waals surface area contributed by atoms with E-state index in [4.69, 9.17) is 0 Å². The molecule has 2 nitrogen and oxygen atoms in total. The second-order valence-electron chi connectivity index (χ2n) is 6.86. The summed E-state index contributed by atoms with van der Waals surface area (Å²) in [5.41, 5.74) is 1.73. The van der Waals surface area contributed by atoms with Crippen molar-refractivity contribution in [1.82, 2.24) is 10.2 Å². The van der Waals surface area contributed by atoms with E-state index in [0.29, 0.717) is 11.6 Å². The summed E-state index contributed by atoms with van der Waals surface area (Å²) in [5.74, 6) is 0.895. The van der Waals surface area contributed by atoms with Crippen LogP contribution in [0.25, 0.3) is 0 Å². The van der Waals surface area contributed by atoms with Crippen LogP contribution in [0.3, 0.4) is 0 Å². The van der Waals surface area contributed by atoms with Crippen LogP contribution >= 0.6 is 0 Å². The molecule has 1 atom stereocenters. The fraction of sp³-hybridized carbons (Fsp3) is 0.882. The van der Waals surface area contributed by atoms with Gasteiger partial charge in [0.25, 0.3) is 0 Å². The highest BCUT2D eigenvalue weighted by molar-refractivity contribution is 5.13. The van der Waals surface area contributed by atoms with E-state index in [9.17, 15) is 0 Å². The number of hydrogen-bond acceptors (Lipinski definition) is 2. The van der Waals surface area contributed by atoms with E-state index in [0.717, 1.165) is 12.5 Å². The summed E-state index contributed by atoms with van der Waals surface area (Å²) in [6, 6.07) is 0.486. The maximum Gasteiger partial charge on any atom is 0.0438 e. The third-order valence-electron chi connectivity index (χ3n) is 4.72. The first kappa shape index (κ1) is 16.7. The van der Waals surface area contributed by atoms with Crippen molar-refractivity contribution in [2.75, 3.05) is 20.6 Å². The average Bonchev–Trinajstić information content (AvgIpc) is 2.35. The molecule has 0 saturated heterocycles. The van der Waals surface area contributed by atoms with E-state index in [1.54, 1.807) is 0 Å². The second kappa shape index (κ2) is 7.44. The van der Waals surface area contributed by atoms with Crippen molar-refractivity contribution in [2.24, 2.45) is 5.92 Å². The van der Waals surface area contributed by atoms with Gasteiger partial charge >= 0.3 is 0 Å². The van der Waals surface area contributed by atoms with Crippen molar-refractivity contribution in [3.8, 4) is 0 Å². The molecule has 1 rings (SSSR count). The minimum Gasteiger partial charge on any atom is -0.309 e. The minimum absolute atomic E-state index is 0.305. The molecular weight excluding hydrogens is 232 g/mol. The van der Waals surface area contributed by atoms with Gasteiger partial charge in [-0.1, -0.05) is 25.5 Å². The molecule has 1 aliphatic carbocycles. The van der Waals surface area contributed by atoms with Crippen LogP contribution in [0.15, 0.2) is 11.6 Å². The normalized spacial score (nSPS) is 29.3. The summed E-state index contributed by atoms with van der Waals surface area (Å²) in [6.07, 6.45) is 9.00. The van der Waals surface area contributed by atoms with Crippen LogP contribution < -0.4 is 5.32 Å². The lowest BCUT2D eigenvalue weighted by Crippen LogP contribution is -2.60. The third kappa shape index (κ3) is 4.32. The molecule has 0 amide bonds. The summed E-state index contributed by atoms with van der Waals surface area (Å²) >= 11 is 0. The lowest BCUT2D eigenvalue weighted by Gasteiger charge is -2.49. The minimum atomic E-state index is 0.305. The molecule has 0 aromatic rings. The lowest BCUT2D eigenvalue weighted by atomic mass is 9.71. The topological polar surface area (TPSA) is 15.3 Å². The number of allylic oxidation sites excluding steroid dienone is 1. The van der Waals surface area contributed by atoms with Gasteiger partial charge in [0.1, 0.15) is 0 Å². The Kier molecular flexibility index (Phi) is 6.55. The van der Waals surface area contributed by atoms with Gasteiger partial charge in [-0.25, -0.2) is 0 Å². The third-order valence-corrected chi connectivity index (χ3v) is 4.72. The van der Waals surface area contributed by atoms with Crippen molar-refractivity contribution in [3.05, 3.63) is 11.6 Å². The maximum absolute atomic E-state index is 3.79. The van der Waals surface area contributed by atoms with Gasteiger partial charge in [-0.15, -0.1) is 0 Å². The molecule has 0 aromatic carbocycles. The molecule has 2 heteroatoms. The molecule has 1 fully saturated rings. The predicted octanol–water partition coefficient (Wildman–Crippen LogP) is 3.83. The van der Waals surface area contributed by atoms with Crippen LogP contribution in [0.1, 0.15) is 59.8 Å². The van der Waals surface area contributed by atoms with Gasteiger partial charge in [-0.05, 0) is 72.5 Å². The molecule has 0 spiro atoms. The second-order valence-corrected chi connectivity index (χ2v) is 6.86. The van der Waals surface area contributed by atoms with Gasteiger partial charge in [0.2, 0.25) is 0 Å². The predicted molar refractivity (Wildman–Crippen MR) is 85.6 cm³/mol. The Morgan fingerprint density at radius 2 is 1.89 bits per heavy atom. The van der Waals surface area contributed by atoms with E-state index in [1.165, 1.54) is 37.7 Å². The molecule has 0 heterocycles. The summed E-state index contributed by atoms with van der Waals surface area (Å²) in [5, 5.41) is 3.79. The summed E-state index contributed by atoms with van der Waals surface area (Å²) in [4.78, 5) is 2.48. The Balaban J connectivity index is 2.94. The van der Waals surface area contributed by atoms with E-state index < -0.39 is 0 Å². The van der Waals surface area contributed by atoms with Crippen LogP contribution in [0, 0.1) is 5.92 Å². The Morgan fingerprint density at radius 1 is 1.32 bits per heavy atom. The number of likely N-dealkylation sites (N-methyl/N-ethyl adjacent to an activating group) is 1. The first-order valence-electron chi connectivity index (χ1n) is 7.98. The highest BCUT2D eigenvalue weighted by Crippen LogP contribution is 2.38. The molecule has 0 radical (unpaired) electrons. The number of nitrogens with zero attached hydrogens (tertiary/aromatic N) is 1. The van der Waals surface area contributed by atoms with Crippen LogP contribution in [0.5, 0.6) is 0 Å². The Morgan fingerprint density at radius 3 is 2.32 bits per heavy atom. The molecule has 0 aliphatic heterocycles. The Bertz CT molecular complexity index is 282. The quantitative estimate of drug-likeness (QED) is 0.735. The van der Waals surface area contributed by atoms with Crippen molar-refractivity contribution in [2.45, 2.75) is 71.4 Å². The number of nitrogens with one attached hydrogen (secondary N) is 1. The van der Waals surface area contributed by atoms with Crippen molar-refractivity contribution < 1.29 is 0 Å². The van der Waals surface area contributed by atoms with Crippen molar-refractivity contribution in [1.29, 1.82) is 0 Å². The number of hydrogen-bond donors (Lipinski definition) is 1. The highest BCUT2D eigenvalue weighted by atomic mass is 15.2. The molecule has 0 aromatic heterocycles. The smallest absolute Gasteiger partial charge is 0.0438 e. The maximum atomic E-state index is 3.79. The van der Waals surface area contributed by atoms with E-state index >= 15 is 0 Å². The van der Waals surface area contributed by atoms with Crippen molar-refractivity contribution in [3.63, 3.8) is 0 Å². The van der Waals surface area contributed by atoms with Gasteiger partial charge in [0.15, 0.2) is 0 Å². The van der Waals surface area contributed by atoms with Crippen molar-refractivity contribution >= 4 is 0 Å². The molecule has 1 aliphatic rings. The molecule has 1 unspecified atom stereocenters. The summed E-state index contributed by atoms with van der Waals surface area (Å²) in [6.45, 7) is 10.2. The molecular formula is C17H34N2. The van der Waals surface area contributed by atoms with Gasteiger partial charge in [0, 0.05) is 11.6 Å². The van der Waals surface area contributed by atoms with Gasteiger partial charge in [-0.3, -0.25) is 0 Å². The zero-order valence-corrected chi connectivity index (χ0v) is 13.9.